The summed E-state index contributed by atoms with van der Waals surface area (Å²) in [6.07, 6.45) is 1.43. The van der Waals surface area contributed by atoms with Crippen LogP contribution in [0, 0.1) is 0 Å². The third kappa shape index (κ3) is 5.51. The molecule has 0 bridgehead atoms. The first-order valence-electron chi connectivity index (χ1n) is 11.2. The minimum Gasteiger partial charge on any atom is -0.497 e. The monoisotopic (exact) mass is 453 g/mol. The van der Waals surface area contributed by atoms with Crippen LogP contribution in [-0.4, -0.2) is 84.6 Å². The Morgan fingerprint density at radius 1 is 1.03 bits per heavy atom. The van der Waals surface area contributed by atoms with E-state index >= 15 is 0 Å². The lowest BCUT2D eigenvalue weighted by Gasteiger charge is -2.33. The summed E-state index contributed by atoms with van der Waals surface area (Å²) < 4.78 is 12.4. The molecule has 0 saturated carbocycles. The van der Waals surface area contributed by atoms with E-state index in [1.165, 1.54) is 0 Å². The molecule has 1 fully saturated rings. The molecule has 0 atom stereocenters. The number of carbonyl (C=O) groups excluding carboxylic acids is 1. The first kappa shape index (κ1) is 22.8. The number of likely N-dealkylation sites (N-methyl/N-ethyl adjacent to an activating group) is 1. The predicted octanol–water partition coefficient (Wildman–Crippen LogP) is 1.18. The molecule has 0 unspecified atom stereocenters. The van der Waals surface area contributed by atoms with Crippen molar-refractivity contribution in [1.29, 1.82) is 0 Å². The van der Waals surface area contributed by atoms with Crippen LogP contribution in [0.4, 0.5) is 5.82 Å². The van der Waals surface area contributed by atoms with Crippen molar-refractivity contribution in [3.8, 4) is 11.5 Å². The quantitative estimate of drug-likeness (QED) is 0.516. The second-order valence-corrected chi connectivity index (χ2v) is 8.15. The molecule has 10 nitrogen and oxygen atoms in total. The van der Waals surface area contributed by atoms with Gasteiger partial charge in [-0.2, -0.15) is 4.52 Å². The summed E-state index contributed by atoms with van der Waals surface area (Å²) in [5.74, 6) is 3.10. The standard InChI is InChI=1S/C23H31N7O3/c1-28-12-14-29(15-13-28)22-7-6-20-25-26-21(30(20)27-22)8-9-23(31)24-11-10-17-16-18(32-2)4-5-19(17)33-3/h4-7,16H,8-15H2,1-3H3,(H,24,31). The van der Waals surface area contributed by atoms with Crippen LogP contribution in [0.15, 0.2) is 30.3 Å². The Morgan fingerprint density at radius 3 is 2.61 bits per heavy atom. The number of rotatable bonds is 9. The molecule has 3 aromatic rings. The Hall–Kier alpha value is -3.40. The van der Waals surface area contributed by atoms with Crippen LogP contribution in [0.1, 0.15) is 17.8 Å². The third-order valence-electron chi connectivity index (χ3n) is 5.92. The summed E-state index contributed by atoms with van der Waals surface area (Å²) in [6, 6.07) is 9.57. The number of methoxy groups -OCH3 is 2. The van der Waals surface area contributed by atoms with Crippen LogP contribution in [0.2, 0.25) is 0 Å². The van der Waals surface area contributed by atoms with Gasteiger partial charge >= 0.3 is 0 Å². The molecule has 1 aromatic carbocycles. The molecule has 1 saturated heterocycles. The van der Waals surface area contributed by atoms with Gasteiger partial charge in [-0.1, -0.05) is 0 Å². The summed E-state index contributed by atoms with van der Waals surface area (Å²) in [6.45, 7) is 4.40. The molecule has 1 aliphatic heterocycles. The van der Waals surface area contributed by atoms with E-state index in [1.54, 1.807) is 18.7 Å². The fourth-order valence-electron chi connectivity index (χ4n) is 3.91. The van der Waals surface area contributed by atoms with E-state index in [4.69, 9.17) is 14.6 Å². The molecule has 0 spiro atoms. The zero-order chi connectivity index (χ0) is 23.2. The van der Waals surface area contributed by atoms with Gasteiger partial charge in [-0.25, -0.2) is 0 Å². The normalized spacial score (nSPS) is 14.5. The van der Waals surface area contributed by atoms with Crippen molar-refractivity contribution >= 4 is 17.4 Å². The van der Waals surface area contributed by atoms with Crippen LogP contribution in [-0.2, 0) is 17.6 Å². The molecule has 4 rings (SSSR count). The van der Waals surface area contributed by atoms with E-state index in [0.717, 1.165) is 49.1 Å². The van der Waals surface area contributed by atoms with Gasteiger partial charge in [0.1, 0.15) is 17.3 Å². The van der Waals surface area contributed by atoms with Gasteiger partial charge in [-0.3, -0.25) is 4.79 Å². The lowest BCUT2D eigenvalue weighted by molar-refractivity contribution is -0.121. The average Bonchev–Trinajstić information content (AvgIpc) is 3.25. The second-order valence-electron chi connectivity index (χ2n) is 8.15. The van der Waals surface area contributed by atoms with Crippen LogP contribution in [0.3, 0.4) is 0 Å². The summed E-state index contributed by atoms with van der Waals surface area (Å²) in [5, 5.41) is 16.2. The third-order valence-corrected chi connectivity index (χ3v) is 5.92. The van der Waals surface area contributed by atoms with E-state index in [2.05, 4.69) is 32.4 Å². The maximum atomic E-state index is 12.4. The van der Waals surface area contributed by atoms with Gasteiger partial charge in [0.25, 0.3) is 0 Å². The first-order chi connectivity index (χ1) is 16.1. The zero-order valence-corrected chi connectivity index (χ0v) is 19.5. The summed E-state index contributed by atoms with van der Waals surface area (Å²) >= 11 is 0. The number of aromatic nitrogens is 4. The Bertz CT molecular complexity index is 1090. The zero-order valence-electron chi connectivity index (χ0n) is 19.5. The smallest absolute Gasteiger partial charge is 0.220 e. The van der Waals surface area contributed by atoms with Gasteiger partial charge in [0.2, 0.25) is 5.91 Å². The number of piperazine rings is 1. The topological polar surface area (TPSA) is 97.1 Å². The Balaban J connectivity index is 1.32. The molecule has 0 aliphatic carbocycles. The average molecular weight is 454 g/mol. The maximum Gasteiger partial charge on any atom is 0.220 e. The molecule has 1 aliphatic rings. The van der Waals surface area contributed by atoms with Gasteiger partial charge < -0.3 is 24.6 Å². The molecular weight excluding hydrogens is 422 g/mol. The fourth-order valence-corrected chi connectivity index (χ4v) is 3.91. The minimum atomic E-state index is -0.0381. The number of hydrogen-bond acceptors (Lipinski definition) is 8. The number of amides is 1. The molecule has 10 heteroatoms. The number of anilines is 1. The largest absolute Gasteiger partial charge is 0.497 e. The van der Waals surface area contributed by atoms with Crippen molar-refractivity contribution in [2.75, 3.05) is 58.9 Å². The van der Waals surface area contributed by atoms with Gasteiger partial charge in [-0.05, 0) is 49.4 Å². The Morgan fingerprint density at radius 2 is 1.85 bits per heavy atom. The molecule has 1 amide bonds. The van der Waals surface area contributed by atoms with E-state index in [1.807, 2.05) is 30.3 Å². The van der Waals surface area contributed by atoms with Crippen molar-refractivity contribution in [2.24, 2.45) is 0 Å². The highest BCUT2D eigenvalue weighted by atomic mass is 16.5. The number of aryl methyl sites for hydroxylation is 1. The van der Waals surface area contributed by atoms with Crippen LogP contribution in [0.25, 0.3) is 5.65 Å². The minimum absolute atomic E-state index is 0.0381. The number of hydrogen-bond donors (Lipinski definition) is 1. The number of benzene rings is 1. The highest BCUT2D eigenvalue weighted by Crippen LogP contribution is 2.24. The van der Waals surface area contributed by atoms with Gasteiger partial charge in [0.05, 0.1) is 14.2 Å². The van der Waals surface area contributed by atoms with E-state index < -0.39 is 0 Å². The summed E-state index contributed by atoms with van der Waals surface area (Å²) in [4.78, 5) is 17.0. The number of nitrogens with one attached hydrogen (secondary N) is 1. The van der Waals surface area contributed by atoms with Crippen LogP contribution < -0.4 is 19.7 Å². The molecule has 1 N–H and O–H groups in total. The number of fused-ring (bicyclic) bond motifs is 1. The number of nitrogens with zero attached hydrogens (tertiary/aromatic N) is 6. The molecular formula is C23H31N7O3. The molecule has 2 aromatic heterocycles. The lowest BCUT2D eigenvalue weighted by Crippen LogP contribution is -2.45. The lowest BCUT2D eigenvalue weighted by atomic mass is 10.1. The van der Waals surface area contributed by atoms with Crippen molar-refractivity contribution in [2.45, 2.75) is 19.3 Å². The van der Waals surface area contributed by atoms with Gasteiger partial charge in [0, 0.05) is 45.6 Å². The number of ether oxygens (including phenoxy) is 2. The van der Waals surface area contributed by atoms with E-state index in [-0.39, 0.29) is 5.91 Å². The molecule has 0 radical (unpaired) electrons. The highest BCUT2D eigenvalue weighted by Gasteiger charge is 2.17. The molecule has 33 heavy (non-hydrogen) atoms. The summed E-state index contributed by atoms with van der Waals surface area (Å²) in [5.41, 5.74) is 1.68. The van der Waals surface area contributed by atoms with Crippen molar-refractivity contribution in [1.82, 2.24) is 30.0 Å². The maximum absolute atomic E-state index is 12.4. The molecule has 3 heterocycles. The predicted molar refractivity (Wildman–Crippen MR) is 125 cm³/mol. The first-order valence-corrected chi connectivity index (χ1v) is 11.2. The van der Waals surface area contributed by atoms with Crippen molar-refractivity contribution in [3.05, 3.63) is 41.7 Å². The second kappa shape index (κ2) is 10.5. The van der Waals surface area contributed by atoms with Crippen LogP contribution in [0.5, 0.6) is 11.5 Å². The number of carbonyl (C=O) groups is 1. The summed E-state index contributed by atoms with van der Waals surface area (Å²) in [7, 11) is 5.39. The SMILES string of the molecule is COc1ccc(OC)c(CCNC(=O)CCc2nnc3ccc(N4CCN(C)CC4)nn23)c1. The van der Waals surface area contributed by atoms with E-state index in [0.29, 0.717) is 37.3 Å². The highest BCUT2D eigenvalue weighted by molar-refractivity contribution is 5.76. The molecule has 176 valence electrons. The van der Waals surface area contributed by atoms with Crippen molar-refractivity contribution < 1.29 is 14.3 Å². The van der Waals surface area contributed by atoms with Gasteiger partial charge in [-0.15, -0.1) is 15.3 Å². The van der Waals surface area contributed by atoms with Crippen molar-refractivity contribution in [3.63, 3.8) is 0 Å². The Kier molecular flexibility index (Phi) is 7.23. The Labute approximate surface area is 193 Å². The van der Waals surface area contributed by atoms with Gasteiger partial charge in [0.15, 0.2) is 11.5 Å². The van der Waals surface area contributed by atoms with Crippen LogP contribution >= 0.6 is 0 Å². The van der Waals surface area contributed by atoms with E-state index in [9.17, 15) is 4.79 Å². The fraction of sp³-hybridized carbons (Fsp3) is 0.478.